The molecule has 0 bridgehead atoms. The van der Waals surface area contributed by atoms with Gasteiger partial charge >= 0.3 is 0 Å². The number of halogens is 1. The van der Waals surface area contributed by atoms with E-state index in [1.807, 2.05) is 24.3 Å². The summed E-state index contributed by atoms with van der Waals surface area (Å²) in [4.78, 5) is 42.2. The van der Waals surface area contributed by atoms with Gasteiger partial charge in [-0.2, -0.15) is 0 Å². The van der Waals surface area contributed by atoms with Crippen molar-refractivity contribution in [3.8, 4) is 0 Å². The van der Waals surface area contributed by atoms with E-state index >= 15 is 0 Å². The van der Waals surface area contributed by atoms with Crippen molar-refractivity contribution in [2.75, 3.05) is 50.7 Å². The van der Waals surface area contributed by atoms with Crippen LogP contribution in [0, 0.1) is 5.92 Å². The number of hydrogen-bond donors (Lipinski definition) is 1. The SMILES string of the molecule is C=CC(=O)N1CCC(C(=O)NCC(=O)N2CCN(c3ccc(Cl)cc3)CC2)CC1. The summed E-state index contributed by atoms with van der Waals surface area (Å²) < 4.78 is 0. The van der Waals surface area contributed by atoms with Crippen LogP contribution in [0.2, 0.25) is 5.02 Å². The van der Waals surface area contributed by atoms with Crippen molar-refractivity contribution in [1.29, 1.82) is 0 Å². The standard InChI is InChI=1S/C21H27ClN4O3/c1-2-19(27)25-9-7-16(8-10-25)21(29)23-15-20(28)26-13-11-24(12-14-26)18-5-3-17(22)4-6-18/h2-6,16H,1,7-15H2,(H,23,29). The van der Waals surface area contributed by atoms with Gasteiger partial charge in [-0.05, 0) is 43.2 Å². The van der Waals surface area contributed by atoms with Crippen LogP contribution in [0.5, 0.6) is 0 Å². The third-order valence-electron chi connectivity index (χ3n) is 5.59. The number of benzene rings is 1. The van der Waals surface area contributed by atoms with Gasteiger partial charge in [0.25, 0.3) is 0 Å². The summed E-state index contributed by atoms with van der Waals surface area (Å²) in [7, 11) is 0. The highest BCUT2D eigenvalue weighted by atomic mass is 35.5. The highest BCUT2D eigenvalue weighted by molar-refractivity contribution is 6.30. The van der Waals surface area contributed by atoms with Crippen molar-refractivity contribution < 1.29 is 14.4 Å². The third-order valence-corrected chi connectivity index (χ3v) is 5.84. The molecule has 0 aliphatic carbocycles. The normalized spacial score (nSPS) is 17.8. The van der Waals surface area contributed by atoms with E-state index in [1.165, 1.54) is 6.08 Å². The Balaban J connectivity index is 1.39. The zero-order chi connectivity index (χ0) is 20.8. The second-order valence-corrected chi connectivity index (χ2v) is 7.80. The van der Waals surface area contributed by atoms with Crippen LogP contribution in [-0.4, -0.2) is 73.3 Å². The van der Waals surface area contributed by atoms with Gasteiger partial charge < -0.3 is 20.0 Å². The molecular weight excluding hydrogens is 392 g/mol. The number of anilines is 1. The Morgan fingerprint density at radius 1 is 1.00 bits per heavy atom. The van der Waals surface area contributed by atoms with E-state index < -0.39 is 0 Å². The van der Waals surface area contributed by atoms with Crippen molar-refractivity contribution in [1.82, 2.24) is 15.1 Å². The first-order valence-corrected chi connectivity index (χ1v) is 10.3. The van der Waals surface area contributed by atoms with Crippen molar-refractivity contribution in [3.63, 3.8) is 0 Å². The number of carbonyl (C=O) groups is 3. The maximum atomic E-state index is 12.5. The molecule has 0 saturated carbocycles. The molecule has 3 rings (SSSR count). The zero-order valence-corrected chi connectivity index (χ0v) is 17.2. The Morgan fingerprint density at radius 2 is 1.62 bits per heavy atom. The highest BCUT2D eigenvalue weighted by Gasteiger charge is 2.27. The predicted molar refractivity (Wildman–Crippen MR) is 113 cm³/mol. The van der Waals surface area contributed by atoms with Crippen LogP contribution in [-0.2, 0) is 14.4 Å². The van der Waals surface area contributed by atoms with Crippen LogP contribution < -0.4 is 10.2 Å². The lowest BCUT2D eigenvalue weighted by molar-refractivity contribution is -0.135. The fourth-order valence-corrected chi connectivity index (χ4v) is 3.90. The largest absolute Gasteiger partial charge is 0.368 e. The van der Waals surface area contributed by atoms with E-state index in [0.29, 0.717) is 44.0 Å². The molecule has 156 valence electrons. The van der Waals surface area contributed by atoms with E-state index in [-0.39, 0.29) is 30.2 Å². The first-order chi connectivity index (χ1) is 14.0. The van der Waals surface area contributed by atoms with Crippen molar-refractivity contribution in [3.05, 3.63) is 41.9 Å². The molecule has 1 N–H and O–H groups in total. The van der Waals surface area contributed by atoms with Gasteiger partial charge in [0, 0.05) is 55.9 Å². The van der Waals surface area contributed by atoms with Crippen LogP contribution in [0.1, 0.15) is 12.8 Å². The number of piperidine rings is 1. The maximum absolute atomic E-state index is 12.5. The molecule has 2 fully saturated rings. The summed E-state index contributed by atoms with van der Waals surface area (Å²) in [6.45, 7) is 7.34. The van der Waals surface area contributed by atoms with Gasteiger partial charge in [-0.15, -0.1) is 0 Å². The van der Waals surface area contributed by atoms with Gasteiger partial charge in [0.15, 0.2) is 0 Å². The van der Waals surface area contributed by atoms with Gasteiger partial charge in [-0.25, -0.2) is 0 Å². The van der Waals surface area contributed by atoms with Crippen molar-refractivity contribution in [2.45, 2.75) is 12.8 Å². The Hall–Kier alpha value is -2.54. The first-order valence-electron chi connectivity index (χ1n) is 9.95. The Morgan fingerprint density at radius 3 is 2.21 bits per heavy atom. The average molecular weight is 419 g/mol. The lowest BCUT2D eigenvalue weighted by Gasteiger charge is -2.36. The molecule has 1 aromatic carbocycles. The smallest absolute Gasteiger partial charge is 0.245 e. The minimum Gasteiger partial charge on any atom is -0.368 e. The van der Waals surface area contributed by atoms with Crippen LogP contribution >= 0.6 is 11.6 Å². The highest BCUT2D eigenvalue weighted by Crippen LogP contribution is 2.20. The molecule has 7 nitrogen and oxygen atoms in total. The van der Waals surface area contributed by atoms with Gasteiger partial charge in [0.2, 0.25) is 17.7 Å². The van der Waals surface area contributed by atoms with Crippen LogP contribution in [0.3, 0.4) is 0 Å². The Kier molecular flexibility index (Phi) is 7.14. The molecule has 3 amide bonds. The molecule has 2 aliphatic heterocycles. The third kappa shape index (κ3) is 5.50. The number of nitrogens with one attached hydrogen (secondary N) is 1. The molecule has 29 heavy (non-hydrogen) atoms. The van der Waals surface area contributed by atoms with Crippen LogP contribution in [0.4, 0.5) is 5.69 Å². The molecule has 2 saturated heterocycles. The monoisotopic (exact) mass is 418 g/mol. The zero-order valence-electron chi connectivity index (χ0n) is 16.5. The fraction of sp³-hybridized carbons (Fsp3) is 0.476. The van der Waals surface area contributed by atoms with Gasteiger partial charge in [0.1, 0.15) is 0 Å². The molecule has 0 unspecified atom stereocenters. The van der Waals surface area contributed by atoms with E-state index in [9.17, 15) is 14.4 Å². The molecule has 0 aromatic heterocycles. The Labute approximate surface area is 176 Å². The van der Waals surface area contributed by atoms with Crippen molar-refractivity contribution in [2.24, 2.45) is 5.92 Å². The number of nitrogens with zero attached hydrogens (tertiary/aromatic N) is 3. The summed E-state index contributed by atoms with van der Waals surface area (Å²) in [5.41, 5.74) is 1.09. The number of rotatable bonds is 5. The summed E-state index contributed by atoms with van der Waals surface area (Å²) in [5.74, 6) is -0.424. The topological polar surface area (TPSA) is 73.0 Å². The first kappa shape index (κ1) is 21.2. The summed E-state index contributed by atoms with van der Waals surface area (Å²) >= 11 is 5.93. The predicted octanol–water partition coefficient (Wildman–Crippen LogP) is 1.53. The maximum Gasteiger partial charge on any atom is 0.245 e. The lowest BCUT2D eigenvalue weighted by Crippen LogP contribution is -2.52. The number of hydrogen-bond acceptors (Lipinski definition) is 4. The van der Waals surface area contributed by atoms with E-state index in [0.717, 1.165) is 18.8 Å². The molecular formula is C21H27ClN4O3. The summed E-state index contributed by atoms with van der Waals surface area (Å²) in [6.07, 6.45) is 2.52. The number of carbonyl (C=O) groups excluding carboxylic acids is 3. The number of piperazine rings is 1. The van der Waals surface area contributed by atoms with Crippen LogP contribution in [0.25, 0.3) is 0 Å². The fourth-order valence-electron chi connectivity index (χ4n) is 3.78. The van der Waals surface area contributed by atoms with Crippen LogP contribution in [0.15, 0.2) is 36.9 Å². The lowest BCUT2D eigenvalue weighted by atomic mass is 9.96. The van der Waals surface area contributed by atoms with Gasteiger partial charge in [-0.3, -0.25) is 14.4 Å². The second-order valence-electron chi connectivity index (χ2n) is 7.37. The van der Waals surface area contributed by atoms with E-state index in [4.69, 9.17) is 11.6 Å². The molecule has 0 atom stereocenters. The molecule has 2 aliphatic rings. The molecule has 8 heteroatoms. The van der Waals surface area contributed by atoms with E-state index in [1.54, 1.807) is 9.80 Å². The number of likely N-dealkylation sites (tertiary alicyclic amines) is 1. The molecule has 0 radical (unpaired) electrons. The van der Waals surface area contributed by atoms with Gasteiger partial charge in [0.05, 0.1) is 6.54 Å². The van der Waals surface area contributed by atoms with Gasteiger partial charge in [-0.1, -0.05) is 18.2 Å². The summed E-state index contributed by atoms with van der Waals surface area (Å²) in [5, 5.41) is 3.48. The minimum atomic E-state index is -0.154. The number of amides is 3. The Bertz CT molecular complexity index is 752. The summed E-state index contributed by atoms with van der Waals surface area (Å²) in [6, 6.07) is 7.69. The average Bonchev–Trinajstić information content (AvgIpc) is 2.77. The second kappa shape index (κ2) is 9.78. The quantitative estimate of drug-likeness (QED) is 0.736. The minimum absolute atomic E-state index is 0.0194. The van der Waals surface area contributed by atoms with Crippen molar-refractivity contribution >= 4 is 35.0 Å². The molecule has 0 spiro atoms. The molecule has 2 heterocycles. The molecule has 1 aromatic rings. The van der Waals surface area contributed by atoms with E-state index in [2.05, 4.69) is 16.8 Å².